The molecular formula is C28H35N3O5. The molecule has 36 heavy (non-hydrogen) atoms. The van der Waals surface area contributed by atoms with Crippen molar-refractivity contribution in [2.75, 3.05) is 57.4 Å². The van der Waals surface area contributed by atoms with Crippen molar-refractivity contribution in [2.24, 2.45) is 0 Å². The lowest BCUT2D eigenvalue weighted by Gasteiger charge is -2.34. The third-order valence-corrected chi connectivity index (χ3v) is 6.92. The molecule has 2 aromatic carbocycles. The van der Waals surface area contributed by atoms with Crippen molar-refractivity contribution in [1.29, 1.82) is 0 Å². The maximum Gasteiger partial charge on any atom is 0.265 e. The van der Waals surface area contributed by atoms with E-state index >= 15 is 0 Å². The summed E-state index contributed by atoms with van der Waals surface area (Å²) in [5.41, 5.74) is 2.96. The first-order chi connectivity index (χ1) is 17.4. The number of ketones is 1. The van der Waals surface area contributed by atoms with Crippen LogP contribution in [-0.4, -0.2) is 79.9 Å². The molecule has 2 aliphatic heterocycles. The number of aryl methyl sites for hydroxylation is 2. The van der Waals surface area contributed by atoms with Crippen molar-refractivity contribution >= 4 is 23.3 Å². The van der Waals surface area contributed by atoms with Crippen LogP contribution in [0.3, 0.4) is 0 Å². The summed E-state index contributed by atoms with van der Waals surface area (Å²) in [5, 5.41) is 0. The Bertz CT molecular complexity index is 1100. The fourth-order valence-electron chi connectivity index (χ4n) is 4.73. The van der Waals surface area contributed by atoms with Crippen LogP contribution in [0.2, 0.25) is 0 Å². The van der Waals surface area contributed by atoms with Crippen LogP contribution in [0.25, 0.3) is 0 Å². The fourth-order valence-corrected chi connectivity index (χ4v) is 4.73. The highest BCUT2D eigenvalue weighted by Gasteiger charge is 2.27. The van der Waals surface area contributed by atoms with Crippen molar-refractivity contribution in [2.45, 2.75) is 33.6 Å². The zero-order valence-corrected chi connectivity index (χ0v) is 21.4. The Hall–Kier alpha value is -3.39. The van der Waals surface area contributed by atoms with E-state index in [0.29, 0.717) is 42.1 Å². The average molecular weight is 494 g/mol. The number of hydrogen-bond acceptors (Lipinski definition) is 6. The molecule has 0 N–H and O–H groups in total. The zero-order valence-electron chi connectivity index (χ0n) is 21.4. The van der Waals surface area contributed by atoms with E-state index in [1.54, 1.807) is 23.1 Å². The highest BCUT2D eigenvalue weighted by molar-refractivity contribution is 6.02. The van der Waals surface area contributed by atoms with Gasteiger partial charge in [0.2, 0.25) is 5.91 Å². The normalized spacial score (nSPS) is 15.9. The van der Waals surface area contributed by atoms with Gasteiger partial charge in [0.1, 0.15) is 11.5 Å². The van der Waals surface area contributed by atoms with Gasteiger partial charge in [0, 0.05) is 44.7 Å². The Morgan fingerprint density at radius 1 is 1.03 bits per heavy atom. The number of hydrogen-bond donors (Lipinski definition) is 0. The summed E-state index contributed by atoms with van der Waals surface area (Å²) in [6, 6.07) is 11.0. The standard InChI is InChI=1S/C28H35N3O5/c1-4-29-13-15-30(16-14-29)26(33)9-6-12-31-23-17-22(10-11-25(23)35-19-27(31)34)24(32)18-36-28-20(2)7-5-8-21(28)3/h5,7-8,10-11,17H,4,6,9,12-16,18-19H2,1-3H3. The number of rotatable bonds is 9. The monoisotopic (exact) mass is 493 g/mol. The molecule has 0 unspecified atom stereocenters. The summed E-state index contributed by atoms with van der Waals surface area (Å²) >= 11 is 0. The fraction of sp³-hybridized carbons (Fsp3) is 0.464. The molecule has 8 heteroatoms. The van der Waals surface area contributed by atoms with Crippen molar-refractivity contribution in [3.05, 3.63) is 53.1 Å². The maximum atomic E-state index is 12.9. The number of benzene rings is 2. The summed E-state index contributed by atoms with van der Waals surface area (Å²) in [6.45, 7) is 10.6. The Morgan fingerprint density at radius 2 is 1.75 bits per heavy atom. The van der Waals surface area contributed by atoms with Crippen LogP contribution in [0.4, 0.5) is 5.69 Å². The number of carbonyl (C=O) groups excluding carboxylic acids is 3. The van der Waals surface area contributed by atoms with E-state index in [0.717, 1.165) is 43.9 Å². The van der Waals surface area contributed by atoms with Gasteiger partial charge in [-0.25, -0.2) is 0 Å². The zero-order chi connectivity index (χ0) is 25.7. The van der Waals surface area contributed by atoms with Gasteiger partial charge in [-0.15, -0.1) is 0 Å². The largest absolute Gasteiger partial charge is 0.485 e. The number of amides is 2. The van der Waals surface area contributed by atoms with Gasteiger partial charge in [-0.1, -0.05) is 25.1 Å². The quantitative estimate of drug-likeness (QED) is 0.499. The van der Waals surface area contributed by atoms with E-state index in [2.05, 4.69) is 11.8 Å². The van der Waals surface area contributed by atoms with E-state index in [1.807, 2.05) is 36.9 Å². The van der Waals surface area contributed by atoms with E-state index in [9.17, 15) is 14.4 Å². The Morgan fingerprint density at radius 3 is 2.44 bits per heavy atom. The molecule has 2 aromatic rings. The van der Waals surface area contributed by atoms with Gasteiger partial charge in [-0.2, -0.15) is 0 Å². The summed E-state index contributed by atoms with van der Waals surface area (Å²) < 4.78 is 11.4. The Kier molecular flexibility index (Phi) is 8.25. The smallest absolute Gasteiger partial charge is 0.265 e. The topological polar surface area (TPSA) is 79.4 Å². The molecule has 0 bridgehead atoms. The molecule has 1 fully saturated rings. The second-order valence-corrected chi connectivity index (χ2v) is 9.37. The van der Waals surface area contributed by atoms with Crippen LogP contribution in [0.15, 0.2) is 36.4 Å². The first-order valence-electron chi connectivity index (χ1n) is 12.7. The van der Waals surface area contributed by atoms with Crippen molar-refractivity contribution in [3.63, 3.8) is 0 Å². The second-order valence-electron chi connectivity index (χ2n) is 9.37. The average Bonchev–Trinajstić information content (AvgIpc) is 2.89. The number of carbonyl (C=O) groups is 3. The predicted octanol–water partition coefficient (Wildman–Crippen LogP) is 3.23. The van der Waals surface area contributed by atoms with Crippen molar-refractivity contribution in [1.82, 2.24) is 9.80 Å². The second kappa shape index (κ2) is 11.6. The van der Waals surface area contributed by atoms with E-state index in [4.69, 9.17) is 9.47 Å². The van der Waals surface area contributed by atoms with E-state index in [1.165, 1.54) is 0 Å². The Labute approximate surface area is 212 Å². The van der Waals surface area contributed by atoms with Gasteiger partial charge in [0.15, 0.2) is 19.0 Å². The minimum Gasteiger partial charge on any atom is -0.485 e. The van der Waals surface area contributed by atoms with Gasteiger partial charge >= 0.3 is 0 Å². The highest BCUT2D eigenvalue weighted by atomic mass is 16.5. The predicted molar refractivity (Wildman–Crippen MR) is 138 cm³/mol. The molecule has 0 atom stereocenters. The number of fused-ring (bicyclic) bond motifs is 1. The number of ether oxygens (including phenoxy) is 2. The van der Waals surface area contributed by atoms with Crippen molar-refractivity contribution in [3.8, 4) is 11.5 Å². The molecule has 4 rings (SSSR count). The first kappa shape index (κ1) is 25.7. The number of anilines is 1. The molecule has 0 spiro atoms. The van der Waals surface area contributed by atoms with Crippen LogP contribution >= 0.6 is 0 Å². The van der Waals surface area contributed by atoms with Crippen LogP contribution in [0.1, 0.15) is 41.3 Å². The van der Waals surface area contributed by atoms with Crippen LogP contribution in [-0.2, 0) is 9.59 Å². The lowest BCUT2D eigenvalue weighted by molar-refractivity contribution is -0.133. The molecule has 192 valence electrons. The first-order valence-corrected chi connectivity index (χ1v) is 12.7. The third-order valence-electron chi connectivity index (χ3n) is 6.92. The Balaban J connectivity index is 1.37. The van der Waals surface area contributed by atoms with Gasteiger partial charge in [0.25, 0.3) is 5.91 Å². The van der Waals surface area contributed by atoms with Gasteiger partial charge in [-0.3, -0.25) is 14.4 Å². The molecule has 0 aromatic heterocycles. The molecule has 0 radical (unpaired) electrons. The molecule has 0 aliphatic carbocycles. The third kappa shape index (κ3) is 5.87. The molecule has 0 saturated carbocycles. The SMILES string of the molecule is CCN1CCN(C(=O)CCCN2C(=O)COc3ccc(C(=O)COc4c(C)cccc4C)cc32)CC1. The lowest BCUT2D eigenvalue weighted by Crippen LogP contribution is -2.48. The maximum absolute atomic E-state index is 12.9. The number of likely N-dealkylation sites (N-methyl/N-ethyl adjacent to an activating group) is 1. The highest BCUT2D eigenvalue weighted by Crippen LogP contribution is 2.33. The van der Waals surface area contributed by atoms with Gasteiger partial charge < -0.3 is 24.2 Å². The molecule has 1 saturated heterocycles. The molecule has 2 aliphatic rings. The number of nitrogens with zero attached hydrogens (tertiary/aromatic N) is 3. The van der Waals surface area contributed by atoms with E-state index < -0.39 is 0 Å². The minimum absolute atomic E-state index is 0.0527. The summed E-state index contributed by atoms with van der Waals surface area (Å²) in [5.74, 6) is 1.04. The number of piperazine rings is 1. The van der Waals surface area contributed by atoms with Crippen molar-refractivity contribution < 1.29 is 23.9 Å². The summed E-state index contributed by atoms with van der Waals surface area (Å²) in [4.78, 5) is 44.1. The lowest BCUT2D eigenvalue weighted by atomic mass is 10.1. The summed E-state index contributed by atoms with van der Waals surface area (Å²) in [7, 11) is 0. The van der Waals surface area contributed by atoms with E-state index in [-0.39, 0.29) is 30.8 Å². The van der Waals surface area contributed by atoms with Gasteiger partial charge in [0.05, 0.1) is 5.69 Å². The molecule has 2 heterocycles. The summed E-state index contributed by atoms with van der Waals surface area (Å²) in [6.07, 6.45) is 0.931. The number of para-hydroxylation sites is 1. The van der Waals surface area contributed by atoms with Crippen LogP contribution < -0.4 is 14.4 Å². The molecule has 8 nitrogen and oxygen atoms in total. The number of Topliss-reactive ketones (excluding diaryl/α,β-unsaturated/α-hetero) is 1. The van der Waals surface area contributed by atoms with Gasteiger partial charge in [-0.05, 0) is 56.1 Å². The minimum atomic E-state index is -0.181. The molecular weight excluding hydrogens is 458 g/mol. The van der Waals surface area contributed by atoms with Crippen LogP contribution in [0.5, 0.6) is 11.5 Å². The van der Waals surface area contributed by atoms with Crippen LogP contribution in [0, 0.1) is 13.8 Å². The molecule has 2 amide bonds.